The molecule has 2 saturated heterocycles. The van der Waals surface area contributed by atoms with Crippen LogP contribution in [0.15, 0.2) is 0 Å². The van der Waals surface area contributed by atoms with Gasteiger partial charge in [-0.1, -0.05) is 32.1 Å². The van der Waals surface area contributed by atoms with Crippen LogP contribution in [0.4, 0.5) is 0 Å². The topological polar surface area (TPSA) is 66.6 Å². The molecule has 0 bridgehead atoms. The van der Waals surface area contributed by atoms with Crippen LogP contribution in [0.3, 0.4) is 0 Å². The Morgan fingerprint density at radius 3 is 2.52 bits per heavy atom. The molecule has 5 nitrogen and oxygen atoms in total. The number of nitrogens with two attached hydrogens (primary N) is 1. The van der Waals surface area contributed by atoms with Crippen LogP contribution in [0.25, 0.3) is 0 Å². The molecule has 0 unspecified atom stereocenters. The fourth-order valence-corrected chi connectivity index (χ4v) is 4.94. The summed E-state index contributed by atoms with van der Waals surface area (Å²) >= 11 is 0. The average molecular weight is 321 g/mol. The quantitative estimate of drug-likeness (QED) is 0.806. The number of amides is 2. The molecule has 3 rings (SSSR count). The lowest BCUT2D eigenvalue weighted by molar-refractivity contribution is -0.143. The molecule has 2 amide bonds. The molecular weight excluding hydrogens is 290 g/mol. The number of carbonyl (C=O) groups excluding carboxylic acids is 2. The Bertz CT molecular complexity index is 448. The summed E-state index contributed by atoms with van der Waals surface area (Å²) < 4.78 is 0. The van der Waals surface area contributed by atoms with E-state index in [2.05, 4.69) is 4.90 Å². The van der Waals surface area contributed by atoms with E-state index in [1.165, 1.54) is 64.5 Å². The first-order valence-electron chi connectivity index (χ1n) is 9.39. The zero-order valence-electron chi connectivity index (χ0n) is 14.3. The van der Waals surface area contributed by atoms with E-state index < -0.39 is 11.8 Å². The Morgan fingerprint density at radius 2 is 1.78 bits per heavy atom. The van der Waals surface area contributed by atoms with Gasteiger partial charge in [0.1, 0.15) is 0 Å². The van der Waals surface area contributed by atoms with Gasteiger partial charge in [-0.25, -0.2) is 0 Å². The number of piperidine rings is 1. The van der Waals surface area contributed by atoms with Crippen molar-refractivity contribution in [2.75, 3.05) is 32.7 Å². The van der Waals surface area contributed by atoms with Crippen molar-refractivity contribution in [2.24, 2.45) is 17.1 Å². The van der Waals surface area contributed by atoms with Crippen LogP contribution in [0.5, 0.6) is 0 Å². The Labute approximate surface area is 139 Å². The molecule has 3 fully saturated rings. The number of hydrogen-bond acceptors (Lipinski definition) is 3. The fourth-order valence-electron chi connectivity index (χ4n) is 4.94. The first kappa shape index (κ1) is 16.7. The Kier molecular flexibility index (Phi) is 5.24. The smallest absolute Gasteiger partial charge is 0.311 e. The van der Waals surface area contributed by atoms with Gasteiger partial charge in [-0.2, -0.15) is 0 Å². The monoisotopic (exact) mass is 321 g/mol. The van der Waals surface area contributed by atoms with E-state index >= 15 is 0 Å². The number of carbonyl (C=O) groups is 2. The van der Waals surface area contributed by atoms with E-state index in [-0.39, 0.29) is 5.41 Å². The van der Waals surface area contributed by atoms with Crippen LogP contribution in [0, 0.1) is 11.3 Å². The maximum atomic E-state index is 11.8. The number of likely N-dealkylation sites (tertiary alicyclic amines) is 2. The molecule has 3 aliphatic rings. The van der Waals surface area contributed by atoms with Crippen molar-refractivity contribution in [3.8, 4) is 0 Å². The molecule has 130 valence electrons. The summed E-state index contributed by atoms with van der Waals surface area (Å²) in [5, 5.41) is 0. The third kappa shape index (κ3) is 4.06. The average Bonchev–Trinajstić information content (AvgIpc) is 2.96. The van der Waals surface area contributed by atoms with Gasteiger partial charge >= 0.3 is 11.8 Å². The summed E-state index contributed by atoms with van der Waals surface area (Å²) in [6.07, 6.45) is 11.8. The highest BCUT2D eigenvalue weighted by molar-refractivity contribution is 6.34. The molecule has 2 heterocycles. The van der Waals surface area contributed by atoms with Crippen molar-refractivity contribution >= 4 is 11.8 Å². The van der Waals surface area contributed by atoms with Crippen molar-refractivity contribution in [1.82, 2.24) is 9.80 Å². The maximum absolute atomic E-state index is 11.8. The second kappa shape index (κ2) is 7.20. The third-order valence-electron chi connectivity index (χ3n) is 6.26. The molecule has 23 heavy (non-hydrogen) atoms. The molecule has 0 aromatic rings. The summed E-state index contributed by atoms with van der Waals surface area (Å²) in [6.45, 7) is 4.89. The molecule has 0 radical (unpaired) electrons. The van der Waals surface area contributed by atoms with E-state index in [9.17, 15) is 9.59 Å². The van der Waals surface area contributed by atoms with E-state index in [0.29, 0.717) is 13.1 Å². The number of rotatable bonds is 3. The van der Waals surface area contributed by atoms with Crippen LogP contribution >= 0.6 is 0 Å². The van der Waals surface area contributed by atoms with Gasteiger partial charge in [0, 0.05) is 25.0 Å². The van der Waals surface area contributed by atoms with Crippen LogP contribution in [0.2, 0.25) is 0 Å². The summed E-state index contributed by atoms with van der Waals surface area (Å²) in [7, 11) is 0. The molecule has 1 atom stereocenters. The van der Waals surface area contributed by atoms with Crippen LogP contribution in [-0.2, 0) is 9.59 Å². The zero-order chi connectivity index (χ0) is 16.3. The van der Waals surface area contributed by atoms with Gasteiger partial charge in [0.15, 0.2) is 0 Å². The molecule has 1 spiro atoms. The lowest BCUT2D eigenvalue weighted by Crippen LogP contribution is -2.47. The van der Waals surface area contributed by atoms with Gasteiger partial charge in [-0.05, 0) is 44.7 Å². The third-order valence-corrected chi connectivity index (χ3v) is 6.26. The van der Waals surface area contributed by atoms with E-state index in [1.807, 2.05) is 0 Å². The van der Waals surface area contributed by atoms with E-state index in [1.54, 1.807) is 4.90 Å². The molecule has 2 N–H and O–H groups in total. The highest BCUT2D eigenvalue weighted by atomic mass is 16.2. The minimum absolute atomic E-state index is 0.204. The normalized spacial score (nSPS) is 30.0. The summed E-state index contributed by atoms with van der Waals surface area (Å²) in [6, 6.07) is 0. The maximum Gasteiger partial charge on any atom is 0.311 e. The van der Waals surface area contributed by atoms with Gasteiger partial charge < -0.3 is 15.5 Å². The van der Waals surface area contributed by atoms with Crippen LogP contribution in [0.1, 0.15) is 57.8 Å². The molecule has 0 aromatic carbocycles. The van der Waals surface area contributed by atoms with Crippen LogP contribution < -0.4 is 5.73 Å². The summed E-state index contributed by atoms with van der Waals surface area (Å²) in [5.41, 5.74) is 5.36. The Morgan fingerprint density at radius 1 is 1.00 bits per heavy atom. The largest absolute Gasteiger partial charge is 0.361 e. The molecule has 1 aliphatic carbocycles. The first-order chi connectivity index (χ1) is 11.1. The lowest BCUT2D eigenvalue weighted by Gasteiger charge is -2.41. The number of nitrogens with zero attached hydrogens (tertiary/aromatic N) is 2. The standard InChI is InChI=1S/C18H31N3O2/c19-16(22)17(23)21-12-9-18(14-21)8-4-10-20(13-18)11-7-15-5-2-1-3-6-15/h15H,1-14H2,(H2,19,22)/t18-/m1/s1. The summed E-state index contributed by atoms with van der Waals surface area (Å²) in [4.78, 5) is 27.2. The highest BCUT2D eigenvalue weighted by Gasteiger charge is 2.43. The van der Waals surface area contributed by atoms with Gasteiger partial charge in [0.2, 0.25) is 0 Å². The molecular formula is C18H31N3O2. The van der Waals surface area contributed by atoms with E-state index in [0.717, 1.165) is 18.9 Å². The zero-order valence-corrected chi connectivity index (χ0v) is 14.3. The second-order valence-corrected chi connectivity index (χ2v) is 8.01. The molecule has 2 aliphatic heterocycles. The predicted octanol–water partition coefficient (Wildman–Crippen LogP) is 1.76. The molecule has 0 aromatic heterocycles. The van der Waals surface area contributed by atoms with Crippen molar-refractivity contribution in [3.05, 3.63) is 0 Å². The first-order valence-corrected chi connectivity index (χ1v) is 9.39. The van der Waals surface area contributed by atoms with Crippen molar-refractivity contribution in [1.29, 1.82) is 0 Å². The van der Waals surface area contributed by atoms with Gasteiger partial charge in [-0.15, -0.1) is 0 Å². The second-order valence-electron chi connectivity index (χ2n) is 8.01. The van der Waals surface area contributed by atoms with Crippen molar-refractivity contribution < 1.29 is 9.59 Å². The Balaban J connectivity index is 1.50. The van der Waals surface area contributed by atoms with Crippen molar-refractivity contribution in [2.45, 2.75) is 57.8 Å². The minimum Gasteiger partial charge on any atom is -0.361 e. The van der Waals surface area contributed by atoms with Gasteiger partial charge in [0.25, 0.3) is 0 Å². The lowest BCUT2D eigenvalue weighted by atomic mass is 9.79. The number of primary amides is 1. The molecule has 5 heteroatoms. The summed E-state index contributed by atoms with van der Waals surface area (Å²) in [5.74, 6) is -0.383. The minimum atomic E-state index is -0.813. The van der Waals surface area contributed by atoms with Crippen molar-refractivity contribution in [3.63, 3.8) is 0 Å². The SMILES string of the molecule is NC(=O)C(=O)N1CC[C@@]2(CCCN(CCC3CCCCC3)C2)C1. The predicted molar refractivity (Wildman–Crippen MR) is 89.7 cm³/mol. The highest BCUT2D eigenvalue weighted by Crippen LogP contribution is 2.39. The number of hydrogen-bond donors (Lipinski definition) is 1. The fraction of sp³-hybridized carbons (Fsp3) is 0.889. The molecule has 1 saturated carbocycles. The van der Waals surface area contributed by atoms with Crippen LogP contribution in [-0.4, -0.2) is 54.3 Å². The van der Waals surface area contributed by atoms with Gasteiger partial charge in [-0.3, -0.25) is 9.59 Å². The van der Waals surface area contributed by atoms with Gasteiger partial charge in [0.05, 0.1) is 0 Å². The Hall–Kier alpha value is -1.10. The van der Waals surface area contributed by atoms with E-state index in [4.69, 9.17) is 5.73 Å².